The average Bonchev–Trinajstić information content (AvgIpc) is 2.29. The highest BCUT2D eigenvalue weighted by Crippen LogP contribution is 2.18. The molecule has 0 heterocycles. The van der Waals surface area contributed by atoms with Gasteiger partial charge in [0.25, 0.3) is 0 Å². The number of aliphatic hydroxyl groups is 1. The first kappa shape index (κ1) is 13.8. The standard InChI is InChI=1S/C11H14F3NO2/c1-2-17-6-7(16)5-15-11-4-9(13)8(12)3-10(11)14/h3-4,7,15-16H,2,5-6H2,1H3. The van der Waals surface area contributed by atoms with Gasteiger partial charge >= 0.3 is 0 Å². The first-order valence-electron chi connectivity index (χ1n) is 5.18. The Labute approximate surface area is 97.2 Å². The molecule has 0 spiro atoms. The number of anilines is 1. The molecule has 0 saturated carbocycles. The second-order valence-corrected chi connectivity index (χ2v) is 3.44. The van der Waals surface area contributed by atoms with Crippen LogP contribution in [0, 0.1) is 17.5 Å². The van der Waals surface area contributed by atoms with Gasteiger partial charge in [-0.25, -0.2) is 13.2 Å². The minimum absolute atomic E-state index is 0.0119. The van der Waals surface area contributed by atoms with Gasteiger partial charge in [-0.1, -0.05) is 0 Å². The van der Waals surface area contributed by atoms with Crippen LogP contribution in [0.5, 0.6) is 0 Å². The van der Waals surface area contributed by atoms with Crippen LogP contribution in [0.3, 0.4) is 0 Å². The third kappa shape index (κ3) is 4.24. The lowest BCUT2D eigenvalue weighted by molar-refractivity contribution is 0.0495. The van der Waals surface area contributed by atoms with Crippen LogP contribution in [-0.2, 0) is 4.74 Å². The average molecular weight is 249 g/mol. The predicted molar refractivity (Wildman–Crippen MR) is 57.3 cm³/mol. The molecular weight excluding hydrogens is 235 g/mol. The largest absolute Gasteiger partial charge is 0.389 e. The summed E-state index contributed by atoms with van der Waals surface area (Å²) >= 11 is 0. The highest BCUT2D eigenvalue weighted by atomic mass is 19.2. The number of rotatable bonds is 6. The van der Waals surface area contributed by atoms with Gasteiger partial charge in [0.15, 0.2) is 11.6 Å². The Morgan fingerprint density at radius 1 is 1.24 bits per heavy atom. The molecule has 0 aliphatic carbocycles. The van der Waals surface area contributed by atoms with Gasteiger partial charge in [-0.3, -0.25) is 0 Å². The van der Waals surface area contributed by atoms with Crippen LogP contribution in [-0.4, -0.2) is 31.0 Å². The van der Waals surface area contributed by atoms with Crippen molar-refractivity contribution in [2.75, 3.05) is 25.1 Å². The molecule has 1 aromatic rings. The van der Waals surface area contributed by atoms with Crippen molar-refractivity contribution in [1.82, 2.24) is 0 Å². The molecule has 0 radical (unpaired) electrons. The smallest absolute Gasteiger partial charge is 0.161 e. The van der Waals surface area contributed by atoms with Crippen molar-refractivity contribution >= 4 is 5.69 Å². The van der Waals surface area contributed by atoms with Gasteiger partial charge in [0.2, 0.25) is 0 Å². The molecular formula is C11H14F3NO2. The Balaban J connectivity index is 2.54. The molecule has 0 aliphatic rings. The number of halogens is 3. The Morgan fingerprint density at radius 2 is 1.88 bits per heavy atom. The number of benzene rings is 1. The molecule has 1 unspecified atom stereocenters. The maximum atomic E-state index is 13.2. The molecule has 2 N–H and O–H groups in total. The van der Waals surface area contributed by atoms with Gasteiger partial charge in [0.1, 0.15) is 5.82 Å². The van der Waals surface area contributed by atoms with E-state index in [1.807, 2.05) is 0 Å². The van der Waals surface area contributed by atoms with Crippen molar-refractivity contribution in [3.05, 3.63) is 29.6 Å². The van der Waals surface area contributed by atoms with Gasteiger partial charge < -0.3 is 15.2 Å². The van der Waals surface area contributed by atoms with Crippen molar-refractivity contribution in [3.63, 3.8) is 0 Å². The van der Waals surface area contributed by atoms with E-state index in [1.54, 1.807) is 6.92 Å². The molecule has 0 aliphatic heterocycles. The highest BCUT2D eigenvalue weighted by molar-refractivity contribution is 5.45. The van der Waals surface area contributed by atoms with Gasteiger partial charge in [0, 0.05) is 25.3 Å². The molecule has 1 rings (SSSR count). The van der Waals surface area contributed by atoms with E-state index in [0.29, 0.717) is 18.7 Å². The Kier molecular flexibility index (Phi) is 5.24. The van der Waals surface area contributed by atoms with Crippen LogP contribution in [0.15, 0.2) is 12.1 Å². The summed E-state index contributed by atoms with van der Waals surface area (Å²) in [7, 11) is 0. The molecule has 1 atom stereocenters. The van der Waals surface area contributed by atoms with Gasteiger partial charge in [-0.05, 0) is 6.92 Å². The first-order chi connectivity index (χ1) is 8.04. The van der Waals surface area contributed by atoms with Gasteiger partial charge in [-0.15, -0.1) is 0 Å². The monoisotopic (exact) mass is 249 g/mol. The number of hydrogen-bond donors (Lipinski definition) is 2. The third-order valence-electron chi connectivity index (χ3n) is 2.05. The summed E-state index contributed by atoms with van der Waals surface area (Å²) in [5, 5.41) is 11.9. The number of ether oxygens (including phenoxy) is 1. The molecule has 96 valence electrons. The van der Waals surface area contributed by atoms with E-state index in [4.69, 9.17) is 4.74 Å². The molecule has 0 aromatic heterocycles. The van der Waals surface area contributed by atoms with Crippen molar-refractivity contribution in [2.24, 2.45) is 0 Å². The van der Waals surface area contributed by atoms with E-state index in [-0.39, 0.29) is 18.8 Å². The molecule has 0 amide bonds. The van der Waals surface area contributed by atoms with E-state index in [1.165, 1.54) is 0 Å². The molecule has 0 fully saturated rings. The zero-order chi connectivity index (χ0) is 12.8. The SMILES string of the molecule is CCOCC(O)CNc1cc(F)c(F)cc1F. The summed E-state index contributed by atoms with van der Waals surface area (Å²) in [6.07, 6.45) is -0.845. The van der Waals surface area contributed by atoms with Crippen molar-refractivity contribution in [2.45, 2.75) is 13.0 Å². The van der Waals surface area contributed by atoms with E-state index >= 15 is 0 Å². The third-order valence-corrected chi connectivity index (χ3v) is 2.05. The van der Waals surface area contributed by atoms with Crippen LogP contribution in [0.4, 0.5) is 18.9 Å². The fraction of sp³-hybridized carbons (Fsp3) is 0.455. The molecule has 0 saturated heterocycles. The van der Waals surface area contributed by atoms with E-state index in [0.717, 1.165) is 0 Å². The topological polar surface area (TPSA) is 41.5 Å². The molecule has 6 heteroatoms. The minimum atomic E-state index is -1.25. The molecule has 3 nitrogen and oxygen atoms in total. The Bertz CT molecular complexity index is 374. The fourth-order valence-electron chi connectivity index (χ4n) is 1.20. The highest BCUT2D eigenvalue weighted by Gasteiger charge is 2.11. The maximum Gasteiger partial charge on any atom is 0.161 e. The summed E-state index contributed by atoms with van der Waals surface area (Å²) in [5.74, 6) is -3.30. The lowest BCUT2D eigenvalue weighted by atomic mass is 10.2. The predicted octanol–water partition coefficient (Wildman–Crippen LogP) is 1.91. The quantitative estimate of drug-likeness (QED) is 0.757. The first-order valence-corrected chi connectivity index (χ1v) is 5.18. The molecule has 1 aromatic carbocycles. The lowest BCUT2D eigenvalue weighted by Gasteiger charge is -2.13. The summed E-state index contributed by atoms with van der Waals surface area (Å²) in [6, 6.07) is 1.16. The van der Waals surface area contributed by atoms with Crippen LogP contribution in [0.25, 0.3) is 0 Å². The van der Waals surface area contributed by atoms with Crippen LogP contribution in [0.1, 0.15) is 6.92 Å². The van der Waals surface area contributed by atoms with Crippen LogP contribution in [0.2, 0.25) is 0 Å². The summed E-state index contributed by atoms with van der Waals surface area (Å²) in [5.41, 5.74) is -0.195. The van der Waals surface area contributed by atoms with E-state index < -0.39 is 23.6 Å². The van der Waals surface area contributed by atoms with Crippen molar-refractivity contribution in [1.29, 1.82) is 0 Å². The lowest BCUT2D eigenvalue weighted by Crippen LogP contribution is -2.25. The van der Waals surface area contributed by atoms with Crippen LogP contribution >= 0.6 is 0 Å². The van der Waals surface area contributed by atoms with Crippen molar-refractivity contribution < 1.29 is 23.0 Å². The second kappa shape index (κ2) is 6.46. The minimum Gasteiger partial charge on any atom is -0.389 e. The van der Waals surface area contributed by atoms with Gasteiger partial charge in [0.05, 0.1) is 18.4 Å². The number of hydrogen-bond acceptors (Lipinski definition) is 3. The number of aliphatic hydroxyl groups excluding tert-OH is 1. The second-order valence-electron chi connectivity index (χ2n) is 3.44. The van der Waals surface area contributed by atoms with E-state index in [9.17, 15) is 18.3 Å². The molecule has 17 heavy (non-hydrogen) atoms. The molecule has 0 bridgehead atoms. The van der Waals surface area contributed by atoms with E-state index in [2.05, 4.69) is 5.32 Å². The fourth-order valence-corrected chi connectivity index (χ4v) is 1.20. The summed E-state index contributed by atoms with van der Waals surface area (Å²) in [6.45, 7) is 2.31. The van der Waals surface area contributed by atoms with Crippen molar-refractivity contribution in [3.8, 4) is 0 Å². The number of nitrogens with one attached hydrogen (secondary N) is 1. The van der Waals surface area contributed by atoms with Gasteiger partial charge in [-0.2, -0.15) is 0 Å². The normalized spacial score (nSPS) is 12.5. The summed E-state index contributed by atoms with van der Waals surface area (Å²) in [4.78, 5) is 0. The Morgan fingerprint density at radius 3 is 2.53 bits per heavy atom. The zero-order valence-corrected chi connectivity index (χ0v) is 9.34. The van der Waals surface area contributed by atoms with Crippen LogP contribution < -0.4 is 5.32 Å². The summed E-state index contributed by atoms with van der Waals surface area (Å²) < 4.78 is 43.5. The Hall–Kier alpha value is -1.27. The maximum absolute atomic E-state index is 13.2. The zero-order valence-electron chi connectivity index (χ0n) is 9.34.